The molecule has 64 heavy (non-hydrogen) atoms. The van der Waals surface area contributed by atoms with E-state index in [0.29, 0.717) is 5.82 Å². The molecule has 0 radical (unpaired) electrons. The van der Waals surface area contributed by atoms with Crippen molar-refractivity contribution in [3.8, 4) is 44.9 Å². The summed E-state index contributed by atoms with van der Waals surface area (Å²) >= 11 is 0. The monoisotopic (exact) mass is 837 g/mol. The highest BCUT2D eigenvalue weighted by Crippen LogP contribution is 2.64. The second kappa shape index (κ2) is 15.2. The smallest absolute Gasteiger partial charge is 0.171 e. The van der Waals surface area contributed by atoms with E-state index in [1.165, 1.54) is 16.7 Å². The summed E-state index contributed by atoms with van der Waals surface area (Å²) in [6, 6.07) is 84.1. The van der Waals surface area contributed by atoms with Crippen molar-refractivity contribution in [3.05, 3.63) is 265 Å². The van der Waals surface area contributed by atoms with Crippen LogP contribution in [0.15, 0.2) is 243 Å². The summed E-state index contributed by atoms with van der Waals surface area (Å²) in [6.45, 7) is 0. The molecule has 4 nitrogen and oxygen atoms in total. The second-order valence-corrected chi connectivity index (χ2v) is 19.2. The van der Waals surface area contributed by atoms with Gasteiger partial charge in [-0.25, -0.2) is 9.97 Å². The van der Waals surface area contributed by atoms with E-state index in [1.54, 1.807) is 0 Å². The molecule has 2 heterocycles. The number of aromatic nitrogens is 2. The Labute approximate surface area is 373 Å². The van der Waals surface area contributed by atoms with Crippen LogP contribution < -0.4 is 20.8 Å². The summed E-state index contributed by atoms with van der Waals surface area (Å²) in [5.74, 6) is 0.666. The first-order valence-corrected chi connectivity index (χ1v) is 23.4. The Morgan fingerprint density at radius 2 is 0.812 bits per heavy atom. The zero-order valence-electron chi connectivity index (χ0n) is 34.8. The van der Waals surface area contributed by atoms with Crippen molar-refractivity contribution in [2.45, 2.75) is 5.41 Å². The normalized spacial score (nSPS) is 13.2. The minimum atomic E-state index is -3.09. The van der Waals surface area contributed by atoms with Gasteiger partial charge in [-0.15, -0.1) is 0 Å². The number of fused-ring (bicyclic) bond motifs is 9. The lowest BCUT2D eigenvalue weighted by Gasteiger charge is -2.44. The molecule has 0 unspecified atom stereocenters. The maximum atomic E-state index is 15.1. The lowest BCUT2D eigenvalue weighted by molar-refractivity contribution is 0.592. The number of nitrogens with zero attached hydrogens (tertiary/aromatic N) is 3. The Bertz CT molecular complexity index is 3300. The van der Waals surface area contributed by atoms with Crippen LogP contribution in [0.3, 0.4) is 0 Å². The van der Waals surface area contributed by atoms with Gasteiger partial charge in [0.15, 0.2) is 13.0 Å². The van der Waals surface area contributed by atoms with Gasteiger partial charge in [0.05, 0.1) is 28.2 Å². The van der Waals surface area contributed by atoms with E-state index in [-0.39, 0.29) is 0 Å². The highest BCUT2D eigenvalue weighted by atomic mass is 31.2. The van der Waals surface area contributed by atoms with Crippen LogP contribution in [0, 0.1) is 0 Å². The number of hydrogen-bond donors (Lipinski definition) is 0. The molecule has 9 aromatic carbocycles. The third-order valence-corrected chi connectivity index (χ3v) is 16.0. The van der Waals surface area contributed by atoms with E-state index >= 15 is 4.57 Å². The van der Waals surface area contributed by atoms with Crippen molar-refractivity contribution in [2.24, 2.45) is 0 Å². The van der Waals surface area contributed by atoms with Gasteiger partial charge in [0.1, 0.15) is 0 Å². The Morgan fingerprint density at radius 3 is 1.39 bits per heavy atom. The van der Waals surface area contributed by atoms with Crippen molar-refractivity contribution in [1.29, 1.82) is 0 Å². The van der Waals surface area contributed by atoms with E-state index in [0.717, 1.165) is 77.7 Å². The van der Waals surface area contributed by atoms with E-state index in [2.05, 4.69) is 175 Å². The predicted molar refractivity (Wildman–Crippen MR) is 263 cm³/mol. The van der Waals surface area contributed by atoms with Crippen molar-refractivity contribution in [2.75, 3.05) is 4.90 Å². The molecule has 302 valence electrons. The van der Waals surface area contributed by atoms with Crippen LogP contribution in [0.4, 0.5) is 17.1 Å². The number of para-hydroxylation sites is 3. The van der Waals surface area contributed by atoms with Gasteiger partial charge < -0.3 is 9.46 Å². The molecule has 1 aromatic heterocycles. The molecule has 0 saturated carbocycles. The molecule has 0 saturated heterocycles. The zero-order chi connectivity index (χ0) is 42.7. The number of anilines is 3. The maximum absolute atomic E-state index is 15.1. The van der Waals surface area contributed by atoms with Crippen LogP contribution in [0.2, 0.25) is 0 Å². The van der Waals surface area contributed by atoms with E-state index in [9.17, 15) is 0 Å². The van der Waals surface area contributed by atoms with Crippen LogP contribution in [0.5, 0.6) is 0 Å². The highest BCUT2D eigenvalue weighted by Gasteiger charge is 2.54. The van der Waals surface area contributed by atoms with Gasteiger partial charge >= 0.3 is 0 Å². The fraction of sp³-hybridized carbons (Fsp3) is 0.0169. The molecule has 10 aromatic rings. The van der Waals surface area contributed by atoms with Crippen molar-refractivity contribution < 1.29 is 4.57 Å². The van der Waals surface area contributed by atoms with Crippen molar-refractivity contribution >= 4 is 40.1 Å². The molecular formula is C59H40N3OP. The topological polar surface area (TPSA) is 46.1 Å². The first kappa shape index (κ1) is 37.8. The van der Waals surface area contributed by atoms with Gasteiger partial charge in [-0.3, -0.25) is 0 Å². The lowest BCUT2D eigenvalue weighted by Crippen LogP contribution is -2.37. The van der Waals surface area contributed by atoms with Gasteiger partial charge in [0.2, 0.25) is 0 Å². The molecule has 2 aliphatic rings. The van der Waals surface area contributed by atoms with Crippen LogP contribution in [0.1, 0.15) is 22.4 Å². The SMILES string of the molecule is O=P(c1ccccc1)(c1ccccc1)c1ccc(-c2ccc(-c3nc(-c4ccccc4)c4c(n3)C3(c5ccccc5-4)c4ccccc4N(c4ccccc4)c4ccccc43)cc2)cc1. The Hall–Kier alpha value is -7.91. The second-order valence-electron chi connectivity index (χ2n) is 16.4. The van der Waals surface area contributed by atoms with Crippen LogP contribution >= 0.6 is 7.14 Å². The van der Waals surface area contributed by atoms with Gasteiger partial charge in [-0.2, -0.15) is 0 Å². The molecule has 0 bridgehead atoms. The highest BCUT2D eigenvalue weighted by molar-refractivity contribution is 7.85. The minimum Gasteiger partial charge on any atom is -0.310 e. The molecule has 1 spiro atoms. The first-order valence-electron chi connectivity index (χ1n) is 21.7. The number of hydrogen-bond acceptors (Lipinski definition) is 4. The quantitative estimate of drug-likeness (QED) is 0.150. The molecule has 12 rings (SSSR count). The molecule has 0 amide bonds. The number of rotatable bonds is 7. The molecule has 0 fully saturated rings. The summed E-state index contributed by atoms with van der Waals surface area (Å²) in [5.41, 5.74) is 14.3. The van der Waals surface area contributed by atoms with Crippen LogP contribution in [0.25, 0.3) is 44.9 Å². The third-order valence-electron chi connectivity index (χ3n) is 13.0. The summed E-state index contributed by atoms with van der Waals surface area (Å²) in [6.07, 6.45) is 0. The van der Waals surface area contributed by atoms with Crippen LogP contribution in [-0.2, 0) is 9.98 Å². The third kappa shape index (κ3) is 5.73. The predicted octanol–water partition coefficient (Wildman–Crippen LogP) is 13.3. The average molecular weight is 838 g/mol. The van der Waals surface area contributed by atoms with Crippen molar-refractivity contribution in [3.63, 3.8) is 0 Å². The van der Waals surface area contributed by atoms with Gasteiger partial charge in [0.25, 0.3) is 0 Å². The van der Waals surface area contributed by atoms with E-state index in [1.807, 2.05) is 72.8 Å². The lowest BCUT2D eigenvalue weighted by atomic mass is 9.66. The van der Waals surface area contributed by atoms with Crippen LogP contribution in [-0.4, -0.2) is 9.97 Å². The standard InChI is InChI=1S/C59H40N3OP/c63-64(46-23-9-3-10-24-46,47-25-11-4-12-26-47)48-39-37-42(38-40-48)41-33-35-44(36-34-41)58-60-56(43-19-5-1-6-20-43)55-49-27-13-14-28-50(49)59(57(55)61-58)51-29-15-17-31-53(51)62(45-21-7-2-8-22-45)54-32-18-16-30-52(54)59/h1-40H. The average Bonchev–Trinajstić information content (AvgIpc) is 3.67. The summed E-state index contributed by atoms with van der Waals surface area (Å²) in [5, 5.41) is 2.44. The van der Waals surface area contributed by atoms with E-state index in [4.69, 9.17) is 9.97 Å². The summed E-state index contributed by atoms with van der Waals surface area (Å²) in [7, 11) is -3.09. The maximum Gasteiger partial charge on any atom is 0.171 e. The fourth-order valence-electron chi connectivity index (χ4n) is 10.1. The molecule has 1 aliphatic carbocycles. The molecule has 1 aliphatic heterocycles. The molecule has 0 N–H and O–H groups in total. The Morgan fingerprint density at radius 1 is 0.375 bits per heavy atom. The minimum absolute atomic E-state index is 0.666. The summed E-state index contributed by atoms with van der Waals surface area (Å²) < 4.78 is 15.1. The summed E-state index contributed by atoms with van der Waals surface area (Å²) in [4.78, 5) is 13.6. The molecule has 5 heteroatoms. The fourth-order valence-corrected chi connectivity index (χ4v) is 12.8. The number of benzene rings is 9. The van der Waals surface area contributed by atoms with Gasteiger partial charge in [0, 0.05) is 38.3 Å². The van der Waals surface area contributed by atoms with Gasteiger partial charge in [-0.1, -0.05) is 218 Å². The molecule has 0 atom stereocenters. The Balaban J connectivity index is 1.02. The van der Waals surface area contributed by atoms with E-state index < -0.39 is 12.6 Å². The largest absolute Gasteiger partial charge is 0.310 e. The first-order chi connectivity index (χ1) is 31.6. The van der Waals surface area contributed by atoms with Gasteiger partial charge in [-0.05, 0) is 57.6 Å². The Kier molecular flexibility index (Phi) is 8.96. The zero-order valence-corrected chi connectivity index (χ0v) is 35.7. The van der Waals surface area contributed by atoms with Crippen molar-refractivity contribution in [1.82, 2.24) is 9.97 Å². The molecular weight excluding hydrogens is 798 g/mol.